The molecule has 0 radical (unpaired) electrons. The first kappa shape index (κ1) is 15.5. The maximum atomic E-state index is 12.4. The normalized spacial score (nSPS) is 18.6. The lowest BCUT2D eigenvalue weighted by Gasteiger charge is -2.34. The van der Waals surface area contributed by atoms with Gasteiger partial charge in [0.1, 0.15) is 0 Å². The molecule has 0 atom stereocenters. The first-order chi connectivity index (χ1) is 9.59. The summed E-state index contributed by atoms with van der Waals surface area (Å²) in [5, 5.41) is 0. The molecular formula is C15H24N2O2S. The summed E-state index contributed by atoms with van der Waals surface area (Å²) in [4.78, 5) is 0. The van der Waals surface area contributed by atoms with E-state index in [1.165, 1.54) is 9.87 Å². The van der Waals surface area contributed by atoms with Crippen molar-refractivity contribution in [3.63, 3.8) is 0 Å². The van der Waals surface area contributed by atoms with Crippen molar-refractivity contribution in [2.45, 2.75) is 32.6 Å². The van der Waals surface area contributed by atoms with E-state index in [4.69, 9.17) is 0 Å². The molecule has 112 valence electrons. The maximum absolute atomic E-state index is 12.4. The largest absolute Gasteiger partial charge is 0.281 e. The van der Waals surface area contributed by atoms with E-state index in [-0.39, 0.29) is 0 Å². The van der Waals surface area contributed by atoms with Gasteiger partial charge in [0.15, 0.2) is 0 Å². The second-order valence-corrected chi connectivity index (χ2v) is 7.10. The Balaban J connectivity index is 2.01. The van der Waals surface area contributed by atoms with Crippen molar-refractivity contribution in [3.05, 3.63) is 35.9 Å². The van der Waals surface area contributed by atoms with Gasteiger partial charge in [-0.2, -0.15) is 17.0 Å². The highest BCUT2D eigenvalue weighted by atomic mass is 32.2. The average molecular weight is 296 g/mol. The molecule has 1 aliphatic rings. The smallest absolute Gasteiger partial charge is 0.195 e. The molecular weight excluding hydrogens is 272 g/mol. The van der Waals surface area contributed by atoms with Gasteiger partial charge in [0.2, 0.25) is 0 Å². The molecule has 1 aliphatic heterocycles. The molecule has 4 nitrogen and oxygen atoms in total. The Hall–Kier alpha value is -0.910. The van der Waals surface area contributed by atoms with E-state index >= 15 is 0 Å². The number of piperidine rings is 1. The van der Waals surface area contributed by atoms with E-state index in [1.807, 2.05) is 32.0 Å². The molecule has 1 heterocycles. The van der Waals surface area contributed by atoms with Crippen LogP contribution in [0.3, 0.4) is 0 Å². The van der Waals surface area contributed by atoms with Crippen LogP contribution in [0.2, 0.25) is 0 Å². The molecule has 0 saturated carbocycles. The molecule has 0 amide bonds. The number of nitrogens with zero attached hydrogens (tertiary/aromatic N) is 2. The van der Waals surface area contributed by atoms with Crippen molar-refractivity contribution in [2.75, 3.05) is 26.2 Å². The Kier molecular flexibility index (Phi) is 5.18. The van der Waals surface area contributed by atoms with Crippen LogP contribution in [0.15, 0.2) is 30.3 Å². The third-order valence-corrected chi connectivity index (χ3v) is 6.27. The number of benzene rings is 1. The third-order valence-electron chi connectivity index (χ3n) is 4.08. The van der Waals surface area contributed by atoms with Crippen LogP contribution in [0.1, 0.15) is 38.2 Å². The summed E-state index contributed by atoms with van der Waals surface area (Å²) >= 11 is 0. The summed E-state index contributed by atoms with van der Waals surface area (Å²) in [5.74, 6) is 0.486. The summed E-state index contributed by atoms with van der Waals surface area (Å²) in [7, 11) is -3.26. The zero-order valence-electron chi connectivity index (χ0n) is 12.3. The molecule has 20 heavy (non-hydrogen) atoms. The van der Waals surface area contributed by atoms with E-state index in [0.29, 0.717) is 32.1 Å². The van der Waals surface area contributed by atoms with Crippen LogP contribution >= 0.6 is 0 Å². The highest BCUT2D eigenvalue weighted by Gasteiger charge is 2.31. The first-order valence-electron chi connectivity index (χ1n) is 7.39. The Morgan fingerprint density at radius 3 is 2.15 bits per heavy atom. The summed E-state index contributed by atoms with van der Waals surface area (Å²) in [6.45, 7) is 6.10. The van der Waals surface area contributed by atoms with Crippen LogP contribution in [-0.2, 0) is 10.2 Å². The van der Waals surface area contributed by atoms with Gasteiger partial charge in [0, 0.05) is 26.2 Å². The molecule has 1 aromatic carbocycles. The van der Waals surface area contributed by atoms with Gasteiger partial charge >= 0.3 is 0 Å². The zero-order chi connectivity index (χ0) is 14.6. The van der Waals surface area contributed by atoms with Crippen molar-refractivity contribution >= 4 is 10.2 Å². The molecule has 0 N–H and O–H groups in total. The molecule has 0 bridgehead atoms. The van der Waals surface area contributed by atoms with Crippen LogP contribution < -0.4 is 0 Å². The van der Waals surface area contributed by atoms with Crippen LogP contribution in [0.5, 0.6) is 0 Å². The van der Waals surface area contributed by atoms with Crippen LogP contribution in [0.25, 0.3) is 0 Å². The van der Waals surface area contributed by atoms with Gasteiger partial charge in [-0.25, -0.2) is 0 Å². The van der Waals surface area contributed by atoms with Crippen molar-refractivity contribution in [2.24, 2.45) is 0 Å². The van der Waals surface area contributed by atoms with Gasteiger partial charge in [0.25, 0.3) is 10.2 Å². The van der Waals surface area contributed by atoms with Crippen molar-refractivity contribution in [3.8, 4) is 0 Å². The van der Waals surface area contributed by atoms with Gasteiger partial charge in [-0.15, -0.1) is 0 Å². The number of hydrogen-bond donors (Lipinski definition) is 0. The molecule has 0 aliphatic carbocycles. The summed E-state index contributed by atoms with van der Waals surface area (Å²) in [5.41, 5.74) is 1.33. The third kappa shape index (κ3) is 3.22. The SMILES string of the molecule is CCN(CC)S(=O)(=O)N1CCC(c2ccccc2)CC1. The van der Waals surface area contributed by atoms with Gasteiger partial charge in [-0.1, -0.05) is 44.2 Å². The number of hydrogen-bond acceptors (Lipinski definition) is 2. The topological polar surface area (TPSA) is 40.6 Å². The number of rotatable bonds is 5. The Bertz CT molecular complexity index is 504. The van der Waals surface area contributed by atoms with Gasteiger partial charge in [-0.3, -0.25) is 0 Å². The minimum absolute atomic E-state index is 0.486. The lowest BCUT2D eigenvalue weighted by molar-refractivity contribution is 0.291. The lowest BCUT2D eigenvalue weighted by atomic mass is 9.90. The molecule has 2 rings (SSSR count). The minimum atomic E-state index is -3.26. The summed E-state index contributed by atoms with van der Waals surface area (Å²) in [6, 6.07) is 10.4. The molecule has 1 fully saturated rings. The molecule has 0 unspecified atom stereocenters. The van der Waals surface area contributed by atoms with E-state index in [0.717, 1.165) is 12.8 Å². The zero-order valence-corrected chi connectivity index (χ0v) is 13.1. The fourth-order valence-corrected chi connectivity index (χ4v) is 4.51. The molecule has 0 spiro atoms. The second-order valence-electron chi connectivity index (χ2n) is 5.18. The van der Waals surface area contributed by atoms with Crippen molar-refractivity contribution < 1.29 is 8.42 Å². The molecule has 5 heteroatoms. The molecule has 1 aromatic rings. The van der Waals surface area contributed by atoms with Crippen molar-refractivity contribution in [1.82, 2.24) is 8.61 Å². The van der Waals surface area contributed by atoms with Gasteiger partial charge in [0.05, 0.1) is 0 Å². The van der Waals surface area contributed by atoms with E-state index < -0.39 is 10.2 Å². The van der Waals surface area contributed by atoms with Crippen LogP contribution in [-0.4, -0.2) is 43.2 Å². The maximum Gasteiger partial charge on any atom is 0.281 e. The van der Waals surface area contributed by atoms with E-state index in [1.54, 1.807) is 4.31 Å². The molecule has 0 aromatic heterocycles. The fourth-order valence-electron chi connectivity index (χ4n) is 2.86. The predicted molar refractivity (Wildman–Crippen MR) is 81.8 cm³/mol. The summed E-state index contributed by atoms with van der Waals surface area (Å²) < 4.78 is 28.1. The Morgan fingerprint density at radius 1 is 1.10 bits per heavy atom. The highest BCUT2D eigenvalue weighted by Crippen LogP contribution is 2.29. The highest BCUT2D eigenvalue weighted by molar-refractivity contribution is 7.86. The minimum Gasteiger partial charge on any atom is -0.195 e. The monoisotopic (exact) mass is 296 g/mol. The second kappa shape index (κ2) is 6.70. The van der Waals surface area contributed by atoms with E-state index in [9.17, 15) is 8.42 Å². The fraction of sp³-hybridized carbons (Fsp3) is 0.600. The van der Waals surface area contributed by atoms with Gasteiger partial charge in [-0.05, 0) is 24.3 Å². The van der Waals surface area contributed by atoms with E-state index in [2.05, 4.69) is 12.1 Å². The van der Waals surface area contributed by atoms with Crippen LogP contribution in [0.4, 0.5) is 0 Å². The Morgan fingerprint density at radius 2 is 1.65 bits per heavy atom. The summed E-state index contributed by atoms with van der Waals surface area (Å²) in [6.07, 6.45) is 1.81. The van der Waals surface area contributed by atoms with Crippen molar-refractivity contribution in [1.29, 1.82) is 0 Å². The predicted octanol–water partition coefficient (Wildman–Crippen LogP) is 2.45. The standard InChI is InChI=1S/C15H24N2O2S/c1-3-16(4-2)20(18,19)17-12-10-15(11-13-17)14-8-6-5-7-9-14/h5-9,15H,3-4,10-13H2,1-2H3. The first-order valence-corrected chi connectivity index (χ1v) is 8.79. The molecule has 1 saturated heterocycles. The quantitative estimate of drug-likeness (QED) is 0.837. The average Bonchev–Trinajstić information content (AvgIpc) is 2.49. The Labute approximate surface area is 122 Å². The van der Waals surface area contributed by atoms with Crippen LogP contribution in [0, 0.1) is 0 Å². The van der Waals surface area contributed by atoms with Gasteiger partial charge < -0.3 is 0 Å². The lowest BCUT2D eigenvalue weighted by Crippen LogP contribution is -2.46.